The Morgan fingerprint density at radius 2 is 1.72 bits per heavy atom. The summed E-state index contributed by atoms with van der Waals surface area (Å²) >= 11 is 12.7. The highest BCUT2D eigenvalue weighted by atomic mass is 35.5. The van der Waals surface area contributed by atoms with E-state index in [2.05, 4.69) is 4.90 Å². The Hall–Kier alpha value is -3.33. The van der Waals surface area contributed by atoms with E-state index in [0.29, 0.717) is 64.5 Å². The van der Waals surface area contributed by atoms with Gasteiger partial charge in [-0.2, -0.15) is 4.98 Å². The van der Waals surface area contributed by atoms with Crippen LogP contribution >= 0.6 is 23.2 Å². The number of primary amides is 1. The van der Waals surface area contributed by atoms with Crippen molar-refractivity contribution in [2.24, 2.45) is 16.9 Å². The largest absolute Gasteiger partial charge is 0.474 e. The fourth-order valence-corrected chi connectivity index (χ4v) is 4.69. The number of aromatic nitrogens is 2. The standard InChI is InChI=1S/C29H33Cl2N5O3/c1-28(2,38)17-39-23-16-22(36-14-12-29(3,13-15-36)27(33)37)34-26(35-23)24(18-8-10-19(30)11-9-18)25(32)20-6-4-5-7-21(20)31/h4-11,16,38H,12-15,17,32H2,1-3H3,(H2,33,37)/b25-24-. The summed E-state index contributed by atoms with van der Waals surface area (Å²) < 4.78 is 5.92. The van der Waals surface area contributed by atoms with Gasteiger partial charge in [0.25, 0.3) is 0 Å². The molecule has 1 fully saturated rings. The molecule has 0 spiro atoms. The van der Waals surface area contributed by atoms with Crippen molar-refractivity contribution in [3.05, 3.63) is 81.6 Å². The van der Waals surface area contributed by atoms with Gasteiger partial charge in [0.2, 0.25) is 11.8 Å². The molecular weight excluding hydrogens is 537 g/mol. The van der Waals surface area contributed by atoms with E-state index in [1.165, 1.54) is 0 Å². The highest BCUT2D eigenvalue weighted by Crippen LogP contribution is 2.36. The number of nitrogens with zero attached hydrogens (tertiary/aromatic N) is 3. The lowest BCUT2D eigenvalue weighted by atomic mass is 9.80. The summed E-state index contributed by atoms with van der Waals surface area (Å²) in [6.07, 6.45) is 1.17. The summed E-state index contributed by atoms with van der Waals surface area (Å²) in [5, 5.41) is 11.3. The van der Waals surface area contributed by atoms with Crippen LogP contribution in [0.3, 0.4) is 0 Å². The van der Waals surface area contributed by atoms with Crippen LogP contribution in [0.2, 0.25) is 10.0 Å². The van der Waals surface area contributed by atoms with Gasteiger partial charge in [0.1, 0.15) is 12.4 Å². The average molecular weight is 571 g/mol. The number of carbonyl (C=O) groups excluding carboxylic acids is 1. The maximum Gasteiger partial charge on any atom is 0.223 e. The molecule has 0 saturated carbocycles. The highest BCUT2D eigenvalue weighted by molar-refractivity contribution is 6.32. The number of ether oxygens (including phenoxy) is 1. The van der Waals surface area contributed by atoms with E-state index in [4.69, 9.17) is 49.4 Å². The zero-order valence-electron chi connectivity index (χ0n) is 22.2. The van der Waals surface area contributed by atoms with Gasteiger partial charge in [0.05, 0.1) is 16.9 Å². The minimum absolute atomic E-state index is 0.0165. The molecule has 8 nitrogen and oxygen atoms in total. The molecule has 1 aliphatic rings. The molecule has 0 aliphatic carbocycles. The van der Waals surface area contributed by atoms with Crippen LogP contribution in [0.25, 0.3) is 11.3 Å². The van der Waals surface area contributed by atoms with E-state index in [1.54, 1.807) is 38.1 Å². The number of nitrogens with two attached hydrogens (primary N) is 2. The van der Waals surface area contributed by atoms with Crippen molar-refractivity contribution in [2.75, 3.05) is 24.6 Å². The van der Waals surface area contributed by atoms with Gasteiger partial charge in [0, 0.05) is 40.2 Å². The van der Waals surface area contributed by atoms with Gasteiger partial charge in [-0.05, 0) is 50.5 Å². The molecule has 10 heteroatoms. The molecule has 1 aromatic heterocycles. The SMILES string of the molecule is CC(C)(O)COc1cc(N2CCC(C)(C(N)=O)CC2)nc(/C(=C(\N)c2ccccc2Cl)c2ccc(Cl)cc2)n1. The maximum absolute atomic E-state index is 12.0. The molecule has 2 heterocycles. The van der Waals surface area contributed by atoms with E-state index in [-0.39, 0.29) is 18.4 Å². The molecular formula is C29H33Cl2N5O3. The molecule has 1 saturated heterocycles. The molecule has 1 aliphatic heterocycles. The number of halogens is 2. The molecule has 0 atom stereocenters. The number of hydrogen-bond acceptors (Lipinski definition) is 7. The molecule has 2 aromatic carbocycles. The van der Waals surface area contributed by atoms with E-state index in [0.717, 1.165) is 5.56 Å². The Bertz CT molecular complexity index is 1380. The summed E-state index contributed by atoms with van der Waals surface area (Å²) in [6.45, 7) is 6.35. The van der Waals surface area contributed by atoms with Crippen LogP contribution in [0.15, 0.2) is 54.6 Å². The van der Waals surface area contributed by atoms with Crippen molar-refractivity contribution >= 4 is 46.2 Å². The van der Waals surface area contributed by atoms with Crippen LogP contribution in [0.4, 0.5) is 5.82 Å². The third kappa shape index (κ3) is 6.82. The van der Waals surface area contributed by atoms with Crippen LogP contribution in [0, 0.1) is 5.41 Å². The van der Waals surface area contributed by atoms with Crippen LogP contribution in [-0.4, -0.2) is 46.3 Å². The van der Waals surface area contributed by atoms with Gasteiger partial charge in [-0.3, -0.25) is 4.79 Å². The van der Waals surface area contributed by atoms with Crippen molar-refractivity contribution < 1.29 is 14.6 Å². The second kappa shape index (κ2) is 11.4. The molecule has 4 rings (SSSR count). The quantitative estimate of drug-likeness (QED) is 0.329. The summed E-state index contributed by atoms with van der Waals surface area (Å²) in [5.74, 6) is 0.899. The first-order valence-electron chi connectivity index (χ1n) is 12.7. The smallest absolute Gasteiger partial charge is 0.223 e. The van der Waals surface area contributed by atoms with Crippen LogP contribution in [-0.2, 0) is 4.79 Å². The lowest BCUT2D eigenvalue weighted by molar-refractivity contribution is -0.127. The van der Waals surface area contributed by atoms with Gasteiger partial charge in [-0.25, -0.2) is 4.98 Å². The zero-order valence-corrected chi connectivity index (χ0v) is 23.8. The first kappa shape index (κ1) is 28.7. The topological polar surface area (TPSA) is 128 Å². The lowest BCUT2D eigenvalue weighted by Crippen LogP contribution is -2.45. The van der Waals surface area contributed by atoms with Gasteiger partial charge in [0.15, 0.2) is 5.82 Å². The highest BCUT2D eigenvalue weighted by Gasteiger charge is 2.36. The van der Waals surface area contributed by atoms with Crippen molar-refractivity contribution in [3.63, 3.8) is 0 Å². The molecule has 39 heavy (non-hydrogen) atoms. The Balaban J connectivity index is 1.86. The molecule has 0 radical (unpaired) electrons. The number of anilines is 1. The second-order valence-corrected chi connectivity index (χ2v) is 11.5. The monoisotopic (exact) mass is 569 g/mol. The number of benzene rings is 2. The van der Waals surface area contributed by atoms with E-state index >= 15 is 0 Å². The molecule has 3 aromatic rings. The molecule has 0 unspecified atom stereocenters. The summed E-state index contributed by atoms with van der Waals surface area (Å²) in [5.41, 5.74) is 13.1. The Morgan fingerprint density at radius 3 is 2.31 bits per heavy atom. The molecule has 5 N–H and O–H groups in total. The van der Waals surface area contributed by atoms with E-state index < -0.39 is 11.0 Å². The van der Waals surface area contributed by atoms with Crippen molar-refractivity contribution in [2.45, 2.75) is 39.2 Å². The Morgan fingerprint density at radius 1 is 1.08 bits per heavy atom. The van der Waals surface area contributed by atoms with Crippen LogP contribution in [0.1, 0.15) is 50.6 Å². The van der Waals surface area contributed by atoms with Crippen molar-refractivity contribution in [3.8, 4) is 5.88 Å². The first-order chi connectivity index (χ1) is 18.4. The van der Waals surface area contributed by atoms with Gasteiger partial charge in [-0.1, -0.05) is 60.5 Å². The fraction of sp³-hybridized carbons (Fsp3) is 0.345. The van der Waals surface area contributed by atoms with Crippen molar-refractivity contribution in [1.29, 1.82) is 0 Å². The maximum atomic E-state index is 12.0. The minimum Gasteiger partial charge on any atom is -0.474 e. The third-order valence-corrected chi connectivity index (χ3v) is 7.42. The molecule has 206 valence electrons. The number of aliphatic hydroxyl groups is 1. The summed E-state index contributed by atoms with van der Waals surface area (Å²) in [6, 6.07) is 16.2. The number of amides is 1. The Labute approximate surface area is 238 Å². The van der Waals surface area contributed by atoms with E-state index in [1.807, 2.05) is 37.3 Å². The van der Waals surface area contributed by atoms with Crippen LogP contribution in [0.5, 0.6) is 5.88 Å². The normalized spacial score (nSPS) is 16.0. The average Bonchev–Trinajstić information content (AvgIpc) is 2.89. The lowest BCUT2D eigenvalue weighted by Gasteiger charge is -2.38. The number of piperidine rings is 1. The molecule has 0 bridgehead atoms. The summed E-state index contributed by atoms with van der Waals surface area (Å²) in [7, 11) is 0. The van der Waals surface area contributed by atoms with Gasteiger partial charge in [-0.15, -0.1) is 0 Å². The first-order valence-corrected chi connectivity index (χ1v) is 13.4. The van der Waals surface area contributed by atoms with Crippen LogP contribution < -0.4 is 21.1 Å². The summed E-state index contributed by atoms with van der Waals surface area (Å²) in [4.78, 5) is 23.7. The predicted molar refractivity (Wildman–Crippen MR) is 156 cm³/mol. The number of hydrogen-bond donors (Lipinski definition) is 3. The number of rotatable bonds is 8. The van der Waals surface area contributed by atoms with Gasteiger partial charge < -0.3 is 26.2 Å². The fourth-order valence-electron chi connectivity index (χ4n) is 4.32. The van der Waals surface area contributed by atoms with E-state index in [9.17, 15) is 9.90 Å². The zero-order chi connectivity index (χ0) is 28.4. The van der Waals surface area contributed by atoms with Crippen molar-refractivity contribution in [1.82, 2.24) is 9.97 Å². The minimum atomic E-state index is -1.08. The second-order valence-electron chi connectivity index (χ2n) is 10.7. The third-order valence-electron chi connectivity index (χ3n) is 6.84. The number of carbonyl (C=O) groups is 1. The van der Waals surface area contributed by atoms with Gasteiger partial charge >= 0.3 is 0 Å². The Kier molecular flexibility index (Phi) is 8.39. The predicted octanol–water partition coefficient (Wildman–Crippen LogP) is 4.90. The molecule has 1 amide bonds.